The standard InChI is InChI=1S/C13H16ClN3O/c1-8-4-9(14)5-10(13(8)18-3)11-6-16-17-12(11)7-15-2/h4-6,15H,7H2,1-3H3,(H,16,17). The SMILES string of the molecule is CNCc1[nH]ncc1-c1cc(Cl)cc(C)c1OC. The highest BCUT2D eigenvalue weighted by molar-refractivity contribution is 6.31. The Balaban J connectivity index is 2.58. The van der Waals surface area contributed by atoms with E-state index in [1.54, 1.807) is 13.3 Å². The van der Waals surface area contributed by atoms with Crippen molar-refractivity contribution in [3.8, 4) is 16.9 Å². The highest BCUT2D eigenvalue weighted by Crippen LogP contribution is 2.36. The van der Waals surface area contributed by atoms with Gasteiger partial charge < -0.3 is 10.1 Å². The predicted molar refractivity (Wildman–Crippen MR) is 73.1 cm³/mol. The normalized spacial score (nSPS) is 10.7. The second kappa shape index (κ2) is 5.42. The van der Waals surface area contributed by atoms with Crippen LogP contribution in [0.25, 0.3) is 11.1 Å². The molecule has 0 aliphatic rings. The molecule has 18 heavy (non-hydrogen) atoms. The summed E-state index contributed by atoms with van der Waals surface area (Å²) in [5, 5.41) is 10.9. The van der Waals surface area contributed by atoms with Crippen molar-refractivity contribution in [3.63, 3.8) is 0 Å². The molecule has 1 aromatic heterocycles. The van der Waals surface area contributed by atoms with E-state index < -0.39 is 0 Å². The molecule has 0 radical (unpaired) electrons. The van der Waals surface area contributed by atoms with Crippen LogP contribution in [0.2, 0.25) is 5.02 Å². The molecule has 0 aliphatic heterocycles. The van der Waals surface area contributed by atoms with Crippen LogP contribution in [0.4, 0.5) is 0 Å². The van der Waals surface area contributed by atoms with Gasteiger partial charge in [-0.2, -0.15) is 5.10 Å². The topological polar surface area (TPSA) is 49.9 Å². The van der Waals surface area contributed by atoms with Crippen molar-refractivity contribution in [1.29, 1.82) is 0 Å². The minimum Gasteiger partial charge on any atom is -0.496 e. The Morgan fingerprint density at radius 2 is 2.17 bits per heavy atom. The van der Waals surface area contributed by atoms with Gasteiger partial charge in [-0.3, -0.25) is 5.10 Å². The van der Waals surface area contributed by atoms with Crippen LogP contribution in [0, 0.1) is 6.92 Å². The maximum atomic E-state index is 6.12. The molecule has 0 spiro atoms. The van der Waals surface area contributed by atoms with Crippen molar-refractivity contribution in [2.45, 2.75) is 13.5 Å². The predicted octanol–water partition coefficient (Wildman–Crippen LogP) is 2.77. The van der Waals surface area contributed by atoms with Crippen molar-refractivity contribution < 1.29 is 4.74 Å². The van der Waals surface area contributed by atoms with Crippen LogP contribution in [0.3, 0.4) is 0 Å². The summed E-state index contributed by atoms with van der Waals surface area (Å²) in [7, 11) is 3.56. The summed E-state index contributed by atoms with van der Waals surface area (Å²) in [6.45, 7) is 2.69. The van der Waals surface area contributed by atoms with Gasteiger partial charge in [0.15, 0.2) is 0 Å². The zero-order valence-corrected chi connectivity index (χ0v) is 11.4. The zero-order chi connectivity index (χ0) is 13.1. The van der Waals surface area contributed by atoms with E-state index in [1.165, 1.54) is 0 Å². The van der Waals surface area contributed by atoms with E-state index in [4.69, 9.17) is 16.3 Å². The lowest BCUT2D eigenvalue weighted by molar-refractivity contribution is 0.413. The number of aromatic amines is 1. The summed E-state index contributed by atoms with van der Waals surface area (Å²) in [6, 6.07) is 3.79. The summed E-state index contributed by atoms with van der Waals surface area (Å²) in [5.41, 5.74) is 3.99. The minimum atomic E-state index is 0.694. The molecule has 0 fully saturated rings. The average Bonchev–Trinajstić information content (AvgIpc) is 2.76. The number of halogens is 1. The van der Waals surface area contributed by atoms with Crippen LogP contribution in [0.15, 0.2) is 18.3 Å². The third kappa shape index (κ3) is 2.35. The molecule has 2 N–H and O–H groups in total. The maximum absolute atomic E-state index is 6.12. The lowest BCUT2D eigenvalue weighted by Crippen LogP contribution is -2.06. The Morgan fingerprint density at radius 1 is 1.39 bits per heavy atom. The molecule has 0 unspecified atom stereocenters. The van der Waals surface area contributed by atoms with Crippen LogP contribution in [-0.4, -0.2) is 24.4 Å². The second-order valence-electron chi connectivity index (χ2n) is 4.10. The molecule has 0 saturated carbocycles. The van der Waals surface area contributed by atoms with Crippen LogP contribution in [-0.2, 0) is 6.54 Å². The second-order valence-corrected chi connectivity index (χ2v) is 4.53. The molecule has 4 nitrogen and oxygen atoms in total. The highest BCUT2D eigenvalue weighted by atomic mass is 35.5. The van der Waals surface area contributed by atoms with Gasteiger partial charge in [0.2, 0.25) is 0 Å². The summed E-state index contributed by atoms with van der Waals surface area (Å²) in [4.78, 5) is 0. The number of rotatable bonds is 4. The molecule has 0 saturated heterocycles. The number of methoxy groups -OCH3 is 1. The number of aromatic nitrogens is 2. The first-order chi connectivity index (χ1) is 8.67. The first-order valence-corrected chi connectivity index (χ1v) is 6.06. The van der Waals surface area contributed by atoms with Crippen molar-refractivity contribution in [2.24, 2.45) is 0 Å². The molecule has 0 amide bonds. The molecule has 2 aromatic rings. The molecular weight excluding hydrogens is 250 g/mol. The fourth-order valence-electron chi connectivity index (χ4n) is 2.06. The molecular formula is C13H16ClN3O. The van der Waals surface area contributed by atoms with Crippen molar-refractivity contribution in [2.75, 3.05) is 14.2 Å². The minimum absolute atomic E-state index is 0.694. The monoisotopic (exact) mass is 265 g/mol. The van der Waals surface area contributed by atoms with E-state index in [0.717, 1.165) is 28.1 Å². The molecule has 96 valence electrons. The summed E-state index contributed by atoms with van der Waals surface area (Å²) in [5.74, 6) is 0.832. The highest BCUT2D eigenvalue weighted by Gasteiger charge is 2.14. The van der Waals surface area contributed by atoms with E-state index in [2.05, 4.69) is 15.5 Å². The van der Waals surface area contributed by atoms with Crippen LogP contribution < -0.4 is 10.1 Å². The van der Waals surface area contributed by atoms with Gasteiger partial charge >= 0.3 is 0 Å². The van der Waals surface area contributed by atoms with E-state index in [9.17, 15) is 0 Å². The number of benzene rings is 1. The number of hydrogen-bond acceptors (Lipinski definition) is 3. The summed E-state index contributed by atoms with van der Waals surface area (Å²) >= 11 is 6.12. The number of ether oxygens (including phenoxy) is 1. The molecule has 0 bridgehead atoms. The van der Waals surface area contributed by atoms with Gasteiger partial charge in [-0.1, -0.05) is 11.6 Å². The average molecular weight is 266 g/mol. The molecule has 0 atom stereocenters. The van der Waals surface area contributed by atoms with Crippen LogP contribution in [0.1, 0.15) is 11.3 Å². The van der Waals surface area contributed by atoms with Gasteiger partial charge in [-0.15, -0.1) is 0 Å². The maximum Gasteiger partial charge on any atom is 0.129 e. The Morgan fingerprint density at radius 3 is 2.83 bits per heavy atom. The Hall–Kier alpha value is -1.52. The number of hydrogen-bond donors (Lipinski definition) is 2. The summed E-state index contributed by atoms with van der Waals surface area (Å²) < 4.78 is 5.47. The Kier molecular flexibility index (Phi) is 3.89. The zero-order valence-electron chi connectivity index (χ0n) is 10.7. The van der Waals surface area contributed by atoms with Crippen LogP contribution >= 0.6 is 11.6 Å². The van der Waals surface area contributed by atoms with Crippen molar-refractivity contribution >= 4 is 11.6 Å². The number of aryl methyl sites for hydroxylation is 1. The third-order valence-electron chi connectivity index (χ3n) is 2.81. The van der Waals surface area contributed by atoms with Gasteiger partial charge in [0.25, 0.3) is 0 Å². The quantitative estimate of drug-likeness (QED) is 0.894. The number of H-pyrrole nitrogens is 1. The molecule has 2 rings (SSSR count). The third-order valence-corrected chi connectivity index (χ3v) is 3.02. The fourth-order valence-corrected chi connectivity index (χ4v) is 2.33. The lowest BCUT2D eigenvalue weighted by atomic mass is 10.0. The van der Waals surface area contributed by atoms with Gasteiger partial charge in [0.1, 0.15) is 5.75 Å². The largest absolute Gasteiger partial charge is 0.496 e. The van der Waals surface area contributed by atoms with E-state index >= 15 is 0 Å². The van der Waals surface area contributed by atoms with Gasteiger partial charge in [-0.25, -0.2) is 0 Å². The van der Waals surface area contributed by atoms with Crippen LogP contribution in [0.5, 0.6) is 5.75 Å². The first-order valence-electron chi connectivity index (χ1n) is 5.68. The van der Waals surface area contributed by atoms with E-state index in [-0.39, 0.29) is 0 Å². The smallest absolute Gasteiger partial charge is 0.129 e. The Bertz CT molecular complexity index is 551. The fraction of sp³-hybridized carbons (Fsp3) is 0.308. The first kappa shape index (κ1) is 12.9. The molecule has 0 aliphatic carbocycles. The number of nitrogens with zero attached hydrogens (tertiary/aromatic N) is 1. The van der Waals surface area contributed by atoms with Crippen molar-refractivity contribution in [3.05, 3.63) is 34.6 Å². The van der Waals surface area contributed by atoms with E-state index in [1.807, 2.05) is 26.1 Å². The van der Waals surface area contributed by atoms with E-state index in [0.29, 0.717) is 11.6 Å². The van der Waals surface area contributed by atoms with Crippen molar-refractivity contribution in [1.82, 2.24) is 15.5 Å². The van der Waals surface area contributed by atoms with Gasteiger partial charge in [0, 0.05) is 22.7 Å². The number of nitrogens with one attached hydrogen (secondary N) is 2. The summed E-state index contributed by atoms with van der Waals surface area (Å²) in [6.07, 6.45) is 1.79. The van der Waals surface area contributed by atoms with Gasteiger partial charge in [0.05, 0.1) is 19.0 Å². The van der Waals surface area contributed by atoms with Gasteiger partial charge in [-0.05, 0) is 31.7 Å². The molecule has 1 heterocycles. The Labute approximate surface area is 111 Å². The molecule has 5 heteroatoms. The molecule has 1 aromatic carbocycles. The lowest BCUT2D eigenvalue weighted by Gasteiger charge is -2.12.